The Morgan fingerprint density at radius 2 is 2.08 bits per heavy atom. The molecule has 0 fully saturated rings. The second-order valence-corrected chi connectivity index (χ2v) is 2.70. The van der Waals surface area contributed by atoms with Crippen molar-refractivity contribution in [2.45, 2.75) is 13.3 Å². The maximum Gasteiger partial charge on any atom is 0.194 e. The molecule has 4 heteroatoms. The van der Waals surface area contributed by atoms with E-state index in [9.17, 15) is 4.39 Å². The molecule has 0 spiro atoms. The van der Waals surface area contributed by atoms with Crippen LogP contribution in [0.3, 0.4) is 0 Å². The van der Waals surface area contributed by atoms with E-state index >= 15 is 0 Å². The van der Waals surface area contributed by atoms with Gasteiger partial charge in [-0.2, -0.15) is 5.26 Å². The second-order valence-electron chi connectivity index (χ2n) is 2.70. The Kier molecular flexibility index (Phi) is 2.38. The SMILES string of the molecule is Cc1cc(CC#N)c(F)c(O)c1O. The minimum Gasteiger partial charge on any atom is -0.504 e. The van der Waals surface area contributed by atoms with E-state index in [1.807, 2.05) is 0 Å². The van der Waals surface area contributed by atoms with Crippen molar-refractivity contribution in [1.82, 2.24) is 0 Å². The molecule has 13 heavy (non-hydrogen) atoms. The lowest BCUT2D eigenvalue weighted by Gasteiger charge is -2.05. The van der Waals surface area contributed by atoms with E-state index in [4.69, 9.17) is 15.5 Å². The molecule has 0 atom stereocenters. The van der Waals surface area contributed by atoms with Gasteiger partial charge in [0.05, 0.1) is 12.5 Å². The highest BCUT2D eigenvalue weighted by atomic mass is 19.1. The van der Waals surface area contributed by atoms with E-state index in [0.29, 0.717) is 5.56 Å². The molecule has 0 radical (unpaired) electrons. The Hall–Kier alpha value is -1.76. The fourth-order valence-electron chi connectivity index (χ4n) is 1.05. The molecule has 0 aromatic heterocycles. The van der Waals surface area contributed by atoms with Crippen molar-refractivity contribution >= 4 is 0 Å². The number of hydrogen-bond acceptors (Lipinski definition) is 3. The van der Waals surface area contributed by atoms with Crippen LogP contribution in [-0.4, -0.2) is 10.2 Å². The summed E-state index contributed by atoms with van der Waals surface area (Å²) in [6, 6.07) is 3.11. The summed E-state index contributed by atoms with van der Waals surface area (Å²) in [4.78, 5) is 0. The first-order chi connectivity index (χ1) is 6.07. The van der Waals surface area contributed by atoms with E-state index in [2.05, 4.69) is 0 Å². The normalized spacial score (nSPS) is 9.62. The summed E-state index contributed by atoms with van der Waals surface area (Å²) in [5, 5.41) is 26.5. The lowest BCUT2D eigenvalue weighted by Crippen LogP contribution is -1.91. The largest absolute Gasteiger partial charge is 0.504 e. The number of phenols is 2. The van der Waals surface area contributed by atoms with Gasteiger partial charge in [0, 0.05) is 5.56 Å². The zero-order chi connectivity index (χ0) is 10.0. The first-order valence-electron chi connectivity index (χ1n) is 3.64. The Morgan fingerprint density at radius 1 is 1.46 bits per heavy atom. The number of nitrogens with zero attached hydrogens (tertiary/aromatic N) is 1. The van der Waals surface area contributed by atoms with Gasteiger partial charge in [-0.3, -0.25) is 0 Å². The molecule has 0 saturated heterocycles. The van der Waals surface area contributed by atoms with E-state index < -0.39 is 17.3 Å². The minimum absolute atomic E-state index is 0.0929. The molecule has 0 bridgehead atoms. The summed E-state index contributed by atoms with van der Waals surface area (Å²) in [5.74, 6) is -2.19. The number of phenolic OH excluding ortho intramolecular Hbond substituents is 2. The maximum absolute atomic E-state index is 13.1. The molecule has 0 amide bonds. The lowest BCUT2D eigenvalue weighted by atomic mass is 10.1. The third kappa shape index (κ3) is 1.54. The maximum atomic E-state index is 13.1. The molecular formula is C9H8FNO2. The van der Waals surface area contributed by atoms with Crippen molar-refractivity contribution in [3.63, 3.8) is 0 Å². The second kappa shape index (κ2) is 3.31. The van der Waals surface area contributed by atoms with Gasteiger partial charge in [-0.15, -0.1) is 0 Å². The Balaban J connectivity index is 3.34. The summed E-state index contributed by atoms with van der Waals surface area (Å²) in [5.41, 5.74) is 0.444. The van der Waals surface area contributed by atoms with Gasteiger partial charge in [0.1, 0.15) is 0 Å². The summed E-state index contributed by atoms with van der Waals surface area (Å²) in [7, 11) is 0. The van der Waals surface area contributed by atoms with Crippen LogP contribution in [0.2, 0.25) is 0 Å². The summed E-state index contributed by atoms with van der Waals surface area (Å²) < 4.78 is 13.1. The summed E-state index contributed by atoms with van der Waals surface area (Å²) in [6.07, 6.45) is -0.124. The Bertz CT molecular complexity index is 382. The highest BCUT2D eigenvalue weighted by Crippen LogP contribution is 2.33. The van der Waals surface area contributed by atoms with Gasteiger partial charge in [-0.1, -0.05) is 0 Å². The highest BCUT2D eigenvalue weighted by Gasteiger charge is 2.14. The molecule has 0 unspecified atom stereocenters. The average molecular weight is 181 g/mol. The van der Waals surface area contributed by atoms with Gasteiger partial charge in [-0.05, 0) is 18.6 Å². The number of rotatable bonds is 1. The highest BCUT2D eigenvalue weighted by molar-refractivity contribution is 5.48. The van der Waals surface area contributed by atoms with Crippen molar-refractivity contribution in [2.75, 3.05) is 0 Å². The first kappa shape index (κ1) is 9.33. The molecule has 0 heterocycles. The van der Waals surface area contributed by atoms with Crippen molar-refractivity contribution in [1.29, 1.82) is 5.26 Å². The van der Waals surface area contributed by atoms with E-state index in [1.165, 1.54) is 13.0 Å². The van der Waals surface area contributed by atoms with Crippen molar-refractivity contribution in [3.8, 4) is 17.6 Å². The number of aryl methyl sites for hydroxylation is 1. The lowest BCUT2D eigenvalue weighted by molar-refractivity contribution is 0.375. The molecule has 1 aromatic rings. The van der Waals surface area contributed by atoms with E-state index in [1.54, 1.807) is 6.07 Å². The molecule has 0 saturated carbocycles. The molecule has 3 nitrogen and oxygen atoms in total. The molecule has 2 N–H and O–H groups in total. The monoisotopic (exact) mass is 181 g/mol. The standard InChI is InChI=1S/C9H8FNO2/c1-5-4-6(2-3-11)7(10)9(13)8(5)12/h4,12-13H,2H2,1H3. The third-order valence-electron chi connectivity index (χ3n) is 1.75. The van der Waals surface area contributed by atoms with Gasteiger partial charge in [-0.25, -0.2) is 4.39 Å². The van der Waals surface area contributed by atoms with Crippen LogP contribution < -0.4 is 0 Å². The molecule has 1 aromatic carbocycles. The Morgan fingerprint density at radius 3 is 2.62 bits per heavy atom. The van der Waals surface area contributed by atoms with E-state index in [0.717, 1.165) is 0 Å². The number of aromatic hydroxyl groups is 2. The zero-order valence-electron chi connectivity index (χ0n) is 7.00. The number of benzene rings is 1. The van der Waals surface area contributed by atoms with Crippen molar-refractivity contribution in [2.24, 2.45) is 0 Å². The van der Waals surface area contributed by atoms with Crippen LogP contribution in [0.5, 0.6) is 11.5 Å². The molecule has 1 rings (SSSR count). The molecular weight excluding hydrogens is 173 g/mol. The van der Waals surface area contributed by atoms with Crippen molar-refractivity contribution < 1.29 is 14.6 Å². The number of hydrogen-bond donors (Lipinski definition) is 2. The molecule has 68 valence electrons. The van der Waals surface area contributed by atoms with Crippen LogP contribution in [0.1, 0.15) is 11.1 Å². The Labute approximate surface area is 74.7 Å². The van der Waals surface area contributed by atoms with Gasteiger partial charge in [0.25, 0.3) is 0 Å². The van der Waals surface area contributed by atoms with Crippen LogP contribution in [0.25, 0.3) is 0 Å². The van der Waals surface area contributed by atoms with Gasteiger partial charge < -0.3 is 10.2 Å². The summed E-state index contributed by atoms with van der Waals surface area (Å²) >= 11 is 0. The first-order valence-corrected chi connectivity index (χ1v) is 3.64. The summed E-state index contributed by atoms with van der Waals surface area (Å²) in [6.45, 7) is 1.52. The van der Waals surface area contributed by atoms with Crippen LogP contribution in [0.15, 0.2) is 6.07 Å². The van der Waals surface area contributed by atoms with Crippen molar-refractivity contribution in [3.05, 3.63) is 23.0 Å². The fraction of sp³-hybridized carbons (Fsp3) is 0.222. The predicted octanol–water partition coefficient (Wildman–Crippen LogP) is 1.61. The number of nitriles is 1. The average Bonchev–Trinajstić information content (AvgIpc) is 2.11. The van der Waals surface area contributed by atoms with Crippen LogP contribution >= 0.6 is 0 Å². The smallest absolute Gasteiger partial charge is 0.194 e. The zero-order valence-corrected chi connectivity index (χ0v) is 7.00. The third-order valence-corrected chi connectivity index (χ3v) is 1.75. The van der Waals surface area contributed by atoms with Crippen LogP contribution in [-0.2, 0) is 6.42 Å². The number of halogens is 1. The molecule has 0 aliphatic rings. The van der Waals surface area contributed by atoms with Crippen LogP contribution in [0, 0.1) is 24.1 Å². The predicted molar refractivity (Wildman–Crippen MR) is 43.8 cm³/mol. The molecule has 0 aliphatic carbocycles. The van der Waals surface area contributed by atoms with Crippen LogP contribution in [0.4, 0.5) is 4.39 Å². The van der Waals surface area contributed by atoms with Gasteiger partial charge in [0.2, 0.25) is 0 Å². The fourth-order valence-corrected chi connectivity index (χ4v) is 1.05. The molecule has 0 aliphatic heterocycles. The van der Waals surface area contributed by atoms with Gasteiger partial charge >= 0.3 is 0 Å². The van der Waals surface area contributed by atoms with Gasteiger partial charge in [0.15, 0.2) is 17.3 Å². The minimum atomic E-state index is -0.926. The van der Waals surface area contributed by atoms with E-state index in [-0.39, 0.29) is 12.0 Å². The quantitative estimate of drug-likeness (QED) is 0.647. The topological polar surface area (TPSA) is 64.2 Å².